The Kier molecular flexibility index (Phi) is 6.98. The van der Waals surface area contributed by atoms with Crippen LogP contribution in [0.2, 0.25) is 5.02 Å². The molecule has 0 fully saturated rings. The third kappa shape index (κ3) is 4.68. The molecule has 7 heteroatoms. The summed E-state index contributed by atoms with van der Waals surface area (Å²) < 4.78 is 29.3. The minimum atomic E-state index is -0.687. The number of rotatable bonds is 3. The van der Waals surface area contributed by atoms with Crippen LogP contribution in [0.15, 0.2) is 71.9 Å². The summed E-state index contributed by atoms with van der Waals surface area (Å²) in [7, 11) is 0. The van der Waals surface area contributed by atoms with Crippen molar-refractivity contribution in [3.8, 4) is 11.3 Å². The Hall–Kier alpha value is -3.64. The first kappa shape index (κ1) is 23.5. The first-order chi connectivity index (χ1) is 16.5. The van der Waals surface area contributed by atoms with Crippen LogP contribution in [0.4, 0.5) is 20.4 Å². The molecule has 0 bridgehead atoms. The van der Waals surface area contributed by atoms with Gasteiger partial charge in [0.2, 0.25) is 5.95 Å². The molecule has 4 nitrogen and oxygen atoms in total. The molecule has 5 rings (SSSR count). The summed E-state index contributed by atoms with van der Waals surface area (Å²) in [5, 5.41) is 3.63. The van der Waals surface area contributed by atoms with Gasteiger partial charge in [-0.3, -0.25) is 4.99 Å². The molecule has 3 aromatic carbocycles. The van der Waals surface area contributed by atoms with E-state index in [1.54, 1.807) is 24.4 Å². The Balaban J connectivity index is 0.00000133. The molecule has 34 heavy (non-hydrogen) atoms. The molecule has 0 saturated carbocycles. The highest BCUT2D eigenvalue weighted by molar-refractivity contribution is 6.31. The highest BCUT2D eigenvalue weighted by Gasteiger charge is 2.25. The highest BCUT2D eigenvalue weighted by atomic mass is 35.5. The summed E-state index contributed by atoms with van der Waals surface area (Å²) in [4.78, 5) is 13.7. The van der Waals surface area contributed by atoms with Crippen molar-refractivity contribution in [2.75, 3.05) is 5.32 Å². The van der Waals surface area contributed by atoms with Crippen molar-refractivity contribution in [3.63, 3.8) is 0 Å². The summed E-state index contributed by atoms with van der Waals surface area (Å²) in [6.07, 6.45) is 1.68. The monoisotopic (exact) mass is 476 g/mol. The number of aromatic nitrogens is 2. The van der Waals surface area contributed by atoms with Crippen LogP contribution in [0, 0.1) is 18.6 Å². The van der Waals surface area contributed by atoms with Crippen molar-refractivity contribution >= 4 is 28.9 Å². The van der Waals surface area contributed by atoms with Crippen LogP contribution in [0.5, 0.6) is 0 Å². The maximum Gasteiger partial charge on any atom is 0.227 e. The number of aryl methyl sites for hydroxylation is 1. The third-order valence-corrected chi connectivity index (χ3v) is 5.51. The Labute approximate surface area is 202 Å². The molecule has 2 heterocycles. The zero-order valence-electron chi connectivity index (χ0n) is 19.0. The molecule has 0 amide bonds. The molecule has 0 atom stereocenters. The van der Waals surface area contributed by atoms with Gasteiger partial charge < -0.3 is 5.32 Å². The molecule has 4 aromatic rings. The topological polar surface area (TPSA) is 50.2 Å². The van der Waals surface area contributed by atoms with E-state index in [9.17, 15) is 8.78 Å². The molecule has 0 radical (unpaired) electrons. The van der Waals surface area contributed by atoms with Crippen LogP contribution in [0.1, 0.15) is 36.1 Å². The SMILES string of the molecule is CC.Cc1ccc(Nc2ncc3c(n2)-c2ccc(Cl)cc2C(c2c(F)cccc2F)=NC3)cc1. The number of benzene rings is 3. The fourth-order valence-electron chi connectivity index (χ4n) is 3.69. The number of nitrogens with zero attached hydrogens (tertiary/aromatic N) is 3. The van der Waals surface area contributed by atoms with Gasteiger partial charge in [-0.05, 0) is 43.3 Å². The van der Waals surface area contributed by atoms with Crippen LogP contribution >= 0.6 is 11.6 Å². The van der Waals surface area contributed by atoms with Gasteiger partial charge in [0.15, 0.2) is 0 Å². The number of fused-ring (bicyclic) bond motifs is 3. The van der Waals surface area contributed by atoms with E-state index in [2.05, 4.69) is 15.3 Å². The van der Waals surface area contributed by atoms with E-state index in [-0.39, 0.29) is 17.8 Å². The summed E-state index contributed by atoms with van der Waals surface area (Å²) in [6.45, 7) is 6.19. The fourth-order valence-corrected chi connectivity index (χ4v) is 3.86. The van der Waals surface area contributed by atoms with Crippen LogP contribution in [0.25, 0.3) is 11.3 Å². The van der Waals surface area contributed by atoms with Crippen LogP contribution in [-0.4, -0.2) is 15.7 Å². The van der Waals surface area contributed by atoms with Crippen molar-refractivity contribution in [2.45, 2.75) is 27.3 Å². The van der Waals surface area contributed by atoms with Crippen LogP contribution in [-0.2, 0) is 6.54 Å². The third-order valence-electron chi connectivity index (χ3n) is 5.27. The number of hydrogen-bond acceptors (Lipinski definition) is 4. The quantitative estimate of drug-likeness (QED) is 0.333. The van der Waals surface area contributed by atoms with Gasteiger partial charge >= 0.3 is 0 Å². The molecular weight excluding hydrogens is 454 g/mol. The molecule has 1 aliphatic heterocycles. The van der Waals surface area contributed by atoms with Gasteiger partial charge in [-0.15, -0.1) is 0 Å². The Morgan fingerprint density at radius 1 is 0.912 bits per heavy atom. The molecule has 172 valence electrons. The molecular formula is C27H23ClF2N4. The van der Waals surface area contributed by atoms with Gasteiger partial charge in [0.1, 0.15) is 11.6 Å². The van der Waals surface area contributed by atoms with Crippen molar-refractivity contribution < 1.29 is 8.78 Å². The molecule has 0 spiro atoms. The maximum atomic E-state index is 14.6. The van der Waals surface area contributed by atoms with Gasteiger partial charge in [0.25, 0.3) is 0 Å². The number of halogens is 3. The largest absolute Gasteiger partial charge is 0.324 e. The lowest BCUT2D eigenvalue weighted by molar-refractivity contribution is 0.579. The van der Waals surface area contributed by atoms with Gasteiger partial charge in [-0.25, -0.2) is 18.7 Å². The second-order valence-electron chi connectivity index (χ2n) is 7.51. The average molecular weight is 477 g/mol. The zero-order valence-corrected chi connectivity index (χ0v) is 19.8. The van der Waals surface area contributed by atoms with Crippen molar-refractivity contribution in [1.29, 1.82) is 0 Å². The zero-order chi connectivity index (χ0) is 24.2. The number of anilines is 2. The predicted molar refractivity (Wildman–Crippen MR) is 134 cm³/mol. The van der Waals surface area contributed by atoms with E-state index < -0.39 is 11.6 Å². The normalized spacial score (nSPS) is 11.9. The fraction of sp³-hybridized carbons (Fsp3) is 0.148. The summed E-state index contributed by atoms with van der Waals surface area (Å²) in [5.41, 5.74) is 4.59. The van der Waals surface area contributed by atoms with E-state index in [0.29, 0.717) is 27.8 Å². The summed E-state index contributed by atoms with van der Waals surface area (Å²) >= 11 is 6.25. The smallest absolute Gasteiger partial charge is 0.227 e. The van der Waals surface area contributed by atoms with Crippen LogP contribution in [0.3, 0.4) is 0 Å². The number of hydrogen-bond donors (Lipinski definition) is 1. The van der Waals surface area contributed by atoms with Crippen molar-refractivity contribution in [3.05, 3.63) is 106 Å². The standard InChI is InChI=1S/C25H17ClF2N4.C2H6/c1-14-5-8-17(9-6-14)31-25-30-13-15-12-29-24(22-20(27)3-2-4-21(22)28)19-11-16(26)7-10-18(19)23(15)32-25;1-2/h2-11,13H,12H2,1H3,(H,30,31,32);1-2H3. The Bertz CT molecular complexity index is 1350. The minimum Gasteiger partial charge on any atom is -0.324 e. The summed E-state index contributed by atoms with van der Waals surface area (Å²) in [5.74, 6) is -0.962. The van der Waals surface area contributed by atoms with Crippen LogP contribution < -0.4 is 5.32 Å². The van der Waals surface area contributed by atoms with Gasteiger partial charge in [-0.1, -0.05) is 55.3 Å². The highest BCUT2D eigenvalue weighted by Crippen LogP contribution is 2.34. The Morgan fingerprint density at radius 3 is 2.32 bits per heavy atom. The van der Waals surface area contributed by atoms with E-state index in [0.717, 1.165) is 16.8 Å². The van der Waals surface area contributed by atoms with E-state index in [4.69, 9.17) is 16.6 Å². The maximum absolute atomic E-state index is 14.6. The van der Waals surface area contributed by atoms with Gasteiger partial charge in [-0.2, -0.15) is 0 Å². The van der Waals surface area contributed by atoms with Crippen molar-refractivity contribution in [1.82, 2.24) is 9.97 Å². The molecule has 0 saturated heterocycles. The minimum absolute atomic E-state index is 0.176. The molecule has 1 aromatic heterocycles. The lowest BCUT2D eigenvalue weighted by Crippen LogP contribution is -2.10. The lowest BCUT2D eigenvalue weighted by atomic mass is 9.95. The second kappa shape index (κ2) is 10.1. The van der Waals surface area contributed by atoms with E-state index >= 15 is 0 Å². The first-order valence-corrected chi connectivity index (χ1v) is 11.4. The first-order valence-electron chi connectivity index (χ1n) is 11.0. The van der Waals surface area contributed by atoms with Gasteiger partial charge in [0, 0.05) is 33.6 Å². The van der Waals surface area contributed by atoms with E-state index in [1.165, 1.54) is 18.2 Å². The average Bonchev–Trinajstić information content (AvgIpc) is 2.99. The van der Waals surface area contributed by atoms with E-state index in [1.807, 2.05) is 45.0 Å². The molecule has 0 unspecified atom stereocenters. The molecule has 0 aliphatic carbocycles. The number of nitrogens with one attached hydrogen (secondary N) is 1. The molecule has 1 aliphatic rings. The Morgan fingerprint density at radius 2 is 1.62 bits per heavy atom. The second-order valence-corrected chi connectivity index (χ2v) is 7.95. The number of aliphatic imine (C=N–C) groups is 1. The predicted octanol–water partition coefficient (Wildman–Crippen LogP) is 7.50. The lowest BCUT2D eigenvalue weighted by Gasteiger charge is -2.13. The summed E-state index contributed by atoms with van der Waals surface area (Å²) in [6, 6.07) is 16.8. The van der Waals surface area contributed by atoms with Gasteiger partial charge in [0.05, 0.1) is 23.5 Å². The molecule has 1 N–H and O–H groups in total. The van der Waals surface area contributed by atoms with Crippen molar-refractivity contribution in [2.24, 2.45) is 4.99 Å².